The molecule has 1 spiro atoms. The Labute approximate surface area is 191 Å². The van der Waals surface area contributed by atoms with Crippen molar-refractivity contribution in [3.8, 4) is 0 Å². The molecule has 3 atom stereocenters. The molecule has 1 saturated heterocycles. The van der Waals surface area contributed by atoms with E-state index in [-0.39, 0.29) is 24.3 Å². The van der Waals surface area contributed by atoms with Gasteiger partial charge < -0.3 is 15.5 Å². The minimum atomic E-state index is -4.36. The van der Waals surface area contributed by atoms with Crippen LogP contribution in [0.3, 0.4) is 0 Å². The van der Waals surface area contributed by atoms with E-state index in [0.717, 1.165) is 22.5 Å². The fourth-order valence-electron chi connectivity index (χ4n) is 4.39. The van der Waals surface area contributed by atoms with Gasteiger partial charge in [-0.25, -0.2) is 14.3 Å². The number of ether oxygens (including phenoxy) is 1. The summed E-state index contributed by atoms with van der Waals surface area (Å²) in [5.74, 6) is 5.68. The molecule has 1 fully saturated rings. The van der Waals surface area contributed by atoms with Crippen LogP contribution in [0.1, 0.15) is 47.9 Å². The Hall–Kier alpha value is -1.34. The Bertz CT molecular complexity index is 964. The summed E-state index contributed by atoms with van der Waals surface area (Å²) in [6.45, 7) is 5.47. The van der Waals surface area contributed by atoms with Crippen LogP contribution in [-0.2, 0) is 26.4 Å². The van der Waals surface area contributed by atoms with E-state index in [1.165, 1.54) is 17.3 Å². The van der Waals surface area contributed by atoms with Gasteiger partial charge in [-0.05, 0) is 31.4 Å². The highest BCUT2D eigenvalue weighted by molar-refractivity contribution is 7.90. The van der Waals surface area contributed by atoms with Crippen molar-refractivity contribution < 1.29 is 26.3 Å². The van der Waals surface area contributed by atoms with Gasteiger partial charge in [0.25, 0.3) is 0 Å². The Morgan fingerprint density at radius 1 is 1.44 bits per heavy atom. The third kappa shape index (κ3) is 5.77. The number of hydrogen-bond donors (Lipinski definition) is 2. The summed E-state index contributed by atoms with van der Waals surface area (Å²) in [6, 6.07) is 1.30. The van der Waals surface area contributed by atoms with Crippen LogP contribution in [-0.4, -0.2) is 62.6 Å². The second kappa shape index (κ2) is 9.13. The molecular weight excluding hydrogens is 465 g/mol. The van der Waals surface area contributed by atoms with E-state index in [4.69, 9.17) is 16.3 Å². The Balaban J connectivity index is 1.70. The average Bonchev–Trinajstić information content (AvgIpc) is 3.13. The number of thiophene rings is 1. The van der Waals surface area contributed by atoms with Gasteiger partial charge in [0.15, 0.2) is 0 Å². The van der Waals surface area contributed by atoms with Crippen molar-refractivity contribution in [2.45, 2.75) is 50.4 Å². The normalized spacial score (nSPS) is 27.5. The summed E-state index contributed by atoms with van der Waals surface area (Å²) >= 11 is 0.834. The number of rotatable bonds is 6. The maximum atomic E-state index is 13.4. The number of nitrogens with zero attached hydrogens (tertiary/aromatic N) is 2. The monoisotopic (exact) mass is 496 g/mol. The molecule has 0 amide bonds. The van der Waals surface area contributed by atoms with E-state index < -0.39 is 26.5 Å². The molecular formula is C20H31F3N4O3S2. The van der Waals surface area contributed by atoms with Gasteiger partial charge in [-0.15, -0.1) is 11.3 Å². The summed E-state index contributed by atoms with van der Waals surface area (Å²) in [5.41, 5.74) is 6.56. The van der Waals surface area contributed by atoms with Crippen LogP contribution in [0.2, 0.25) is 0 Å². The molecule has 7 nitrogen and oxygen atoms in total. The third-order valence-electron chi connectivity index (χ3n) is 6.08. The average molecular weight is 497 g/mol. The first-order chi connectivity index (χ1) is 14.7. The Kier molecular flexibility index (Phi) is 7.21. The molecule has 2 aliphatic rings. The quantitative estimate of drug-likeness (QED) is 0.461. The second-order valence-corrected chi connectivity index (χ2v) is 12.3. The highest BCUT2D eigenvalue weighted by Crippen LogP contribution is 2.51. The SMILES string of the molecule is CC1COC2(CCN(C/C(N)=C/N(N)CCS(C)(=O)=O)C(C)C2)c2cc(C(F)(F)F)sc21. The molecule has 1 aromatic heterocycles. The third-order valence-corrected chi connectivity index (χ3v) is 8.41. The molecule has 3 unspecified atom stereocenters. The Morgan fingerprint density at radius 2 is 2.12 bits per heavy atom. The molecule has 12 heteroatoms. The summed E-state index contributed by atoms with van der Waals surface area (Å²) in [5, 5.41) is 1.26. The lowest BCUT2D eigenvalue weighted by Gasteiger charge is -2.48. The fourth-order valence-corrected chi connectivity index (χ4v) is 6.09. The summed E-state index contributed by atoms with van der Waals surface area (Å²) in [6.07, 6.45) is -0.565. The van der Waals surface area contributed by atoms with Crippen LogP contribution in [0.5, 0.6) is 0 Å². The molecule has 3 rings (SSSR count). The van der Waals surface area contributed by atoms with Crippen LogP contribution >= 0.6 is 11.3 Å². The van der Waals surface area contributed by atoms with E-state index in [1.807, 2.05) is 13.8 Å². The predicted octanol–water partition coefficient (Wildman–Crippen LogP) is 2.60. The molecule has 0 saturated carbocycles. The number of hydrogen-bond acceptors (Lipinski definition) is 8. The molecule has 3 heterocycles. The number of likely N-dealkylation sites (tertiary alicyclic amines) is 1. The highest BCUT2D eigenvalue weighted by atomic mass is 32.2. The summed E-state index contributed by atoms with van der Waals surface area (Å²) < 4.78 is 68.8. The Morgan fingerprint density at radius 3 is 2.72 bits per heavy atom. The summed E-state index contributed by atoms with van der Waals surface area (Å²) in [4.78, 5) is 2.34. The van der Waals surface area contributed by atoms with Gasteiger partial charge in [0.2, 0.25) is 0 Å². The zero-order chi connectivity index (χ0) is 23.9. The fraction of sp³-hybridized carbons (Fsp3) is 0.700. The minimum Gasteiger partial charge on any atom is -0.400 e. The lowest BCUT2D eigenvalue weighted by molar-refractivity contribution is -0.134. The number of sulfone groups is 1. The standard InChI is InChI=1S/C20H31F3N4O3S2/c1-13-12-30-19(16-8-17(20(21,22)23)31-18(13)16)4-5-26(14(2)9-19)10-15(24)11-27(25)6-7-32(3,28)29/h8,11,13-14H,4-7,9-10,12,24-25H2,1-3H3/b15-11-. The molecule has 4 N–H and O–H groups in total. The first kappa shape index (κ1) is 25.3. The maximum absolute atomic E-state index is 13.4. The van der Waals surface area contributed by atoms with Gasteiger partial charge in [0, 0.05) is 54.6 Å². The lowest BCUT2D eigenvalue weighted by atomic mass is 9.78. The van der Waals surface area contributed by atoms with E-state index in [2.05, 4.69) is 4.90 Å². The van der Waals surface area contributed by atoms with Gasteiger partial charge in [0.1, 0.15) is 14.7 Å². The van der Waals surface area contributed by atoms with Gasteiger partial charge in [-0.3, -0.25) is 4.90 Å². The predicted molar refractivity (Wildman–Crippen MR) is 119 cm³/mol. The van der Waals surface area contributed by atoms with Crippen molar-refractivity contribution in [1.29, 1.82) is 0 Å². The number of nitrogens with two attached hydrogens (primary N) is 2. The van der Waals surface area contributed by atoms with E-state index in [9.17, 15) is 21.6 Å². The zero-order valence-electron chi connectivity index (χ0n) is 18.5. The van der Waals surface area contributed by atoms with Crippen LogP contribution in [0.25, 0.3) is 0 Å². The smallest absolute Gasteiger partial charge is 0.400 e. The van der Waals surface area contributed by atoms with E-state index in [0.29, 0.717) is 43.8 Å². The first-order valence-electron chi connectivity index (χ1n) is 10.4. The zero-order valence-corrected chi connectivity index (χ0v) is 20.1. The van der Waals surface area contributed by atoms with Crippen molar-refractivity contribution in [2.24, 2.45) is 11.6 Å². The van der Waals surface area contributed by atoms with Crippen molar-refractivity contribution >= 4 is 21.2 Å². The number of alkyl halides is 3. The molecule has 0 aromatic carbocycles. The van der Waals surface area contributed by atoms with Crippen LogP contribution < -0.4 is 11.6 Å². The molecule has 0 radical (unpaired) electrons. The summed E-state index contributed by atoms with van der Waals surface area (Å²) in [7, 11) is -3.13. The second-order valence-electron chi connectivity index (χ2n) is 8.94. The van der Waals surface area contributed by atoms with Crippen LogP contribution in [0.15, 0.2) is 18.0 Å². The van der Waals surface area contributed by atoms with Crippen molar-refractivity contribution in [3.05, 3.63) is 33.3 Å². The minimum absolute atomic E-state index is 0.0217. The van der Waals surface area contributed by atoms with E-state index >= 15 is 0 Å². The number of fused-ring (bicyclic) bond motifs is 2. The largest absolute Gasteiger partial charge is 0.425 e. The van der Waals surface area contributed by atoms with Gasteiger partial charge in [-0.2, -0.15) is 13.2 Å². The molecule has 1 aromatic rings. The lowest BCUT2D eigenvalue weighted by Crippen LogP contribution is -2.51. The number of hydrazine groups is 1. The van der Waals surface area contributed by atoms with E-state index in [1.54, 1.807) is 0 Å². The van der Waals surface area contributed by atoms with Gasteiger partial charge in [-0.1, -0.05) is 6.92 Å². The number of piperidine rings is 1. The molecule has 0 bridgehead atoms. The van der Waals surface area contributed by atoms with Crippen LogP contribution in [0.4, 0.5) is 13.2 Å². The van der Waals surface area contributed by atoms with Crippen molar-refractivity contribution in [2.75, 3.05) is 38.2 Å². The first-order valence-corrected chi connectivity index (χ1v) is 13.3. The van der Waals surface area contributed by atoms with Gasteiger partial charge >= 0.3 is 6.18 Å². The van der Waals surface area contributed by atoms with Crippen LogP contribution in [0, 0.1) is 0 Å². The molecule has 0 aliphatic carbocycles. The maximum Gasteiger partial charge on any atom is 0.425 e. The highest BCUT2D eigenvalue weighted by Gasteiger charge is 2.47. The topological polar surface area (TPSA) is 102 Å². The molecule has 2 aliphatic heterocycles. The molecule has 182 valence electrons. The van der Waals surface area contributed by atoms with Crippen molar-refractivity contribution in [3.63, 3.8) is 0 Å². The van der Waals surface area contributed by atoms with Crippen molar-refractivity contribution in [1.82, 2.24) is 9.91 Å². The van der Waals surface area contributed by atoms with Gasteiger partial charge in [0.05, 0.1) is 18.0 Å². The molecule has 32 heavy (non-hydrogen) atoms. The number of halogens is 3.